The van der Waals surface area contributed by atoms with E-state index in [1.807, 2.05) is 0 Å². The molecule has 2 fully saturated rings. The van der Waals surface area contributed by atoms with E-state index in [1.54, 1.807) is 0 Å². The van der Waals surface area contributed by atoms with Crippen molar-refractivity contribution in [2.24, 2.45) is 17.8 Å². The van der Waals surface area contributed by atoms with Crippen molar-refractivity contribution in [2.45, 2.75) is 83.3 Å². The average molecular weight is 399 g/mol. The van der Waals surface area contributed by atoms with Crippen LogP contribution in [-0.4, -0.2) is 18.8 Å². The highest BCUT2D eigenvalue weighted by molar-refractivity contribution is 5.22. The number of halogens is 3. The predicted octanol–water partition coefficient (Wildman–Crippen LogP) is 6.98. The number of rotatable bonds is 8. The van der Waals surface area contributed by atoms with Crippen LogP contribution in [-0.2, 0) is 4.74 Å². The van der Waals surface area contributed by atoms with E-state index in [0.29, 0.717) is 0 Å². The molecule has 0 unspecified atom stereocenters. The lowest BCUT2D eigenvalue weighted by molar-refractivity contribution is -0.222. The topological polar surface area (TPSA) is 18.5 Å². The highest BCUT2D eigenvalue weighted by atomic mass is 19.3. The van der Waals surface area contributed by atoms with Crippen molar-refractivity contribution in [2.75, 3.05) is 6.61 Å². The smallest absolute Gasteiger partial charge is 0.421 e. The molecule has 0 aromatic heterocycles. The summed E-state index contributed by atoms with van der Waals surface area (Å²) < 4.78 is 51.0. The lowest BCUT2D eigenvalue weighted by Crippen LogP contribution is -2.35. The maximum atomic E-state index is 14.0. The molecule has 2 aliphatic rings. The molecule has 0 atom stereocenters. The molecule has 2 saturated carbocycles. The molecular formula is C23H33F3O2. The van der Waals surface area contributed by atoms with Crippen LogP contribution in [0.4, 0.5) is 13.2 Å². The molecule has 2 aliphatic carbocycles. The third-order valence-corrected chi connectivity index (χ3v) is 6.54. The van der Waals surface area contributed by atoms with Crippen LogP contribution in [0.15, 0.2) is 24.3 Å². The Morgan fingerprint density at radius 1 is 0.893 bits per heavy atom. The van der Waals surface area contributed by atoms with Crippen LogP contribution in [0.25, 0.3) is 0 Å². The van der Waals surface area contributed by atoms with Crippen LogP contribution in [0.2, 0.25) is 0 Å². The minimum absolute atomic E-state index is 0.0580. The SMILES string of the molecule is CCCC1CCC(C2CCC(OCC(F)(F)Oc3ccc(F)cc3)CC2)CC1. The molecule has 1 aromatic carbocycles. The third-order valence-electron chi connectivity index (χ3n) is 6.54. The fourth-order valence-corrected chi connectivity index (χ4v) is 5.00. The second-order valence-electron chi connectivity index (χ2n) is 8.61. The molecule has 0 heterocycles. The number of benzene rings is 1. The maximum Gasteiger partial charge on any atom is 0.421 e. The van der Waals surface area contributed by atoms with Gasteiger partial charge in [-0.1, -0.05) is 32.6 Å². The summed E-state index contributed by atoms with van der Waals surface area (Å²) in [5, 5.41) is 0. The van der Waals surface area contributed by atoms with Crippen LogP contribution in [0, 0.1) is 23.6 Å². The average Bonchev–Trinajstić information content (AvgIpc) is 2.69. The fourth-order valence-electron chi connectivity index (χ4n) is 5.00. The van der Waals surface area contributed by atoms with Gasteiger partial charge in [0, 0.05) is 0 Å². The lowest BCUT2D eigenvalue weighted by Gasteiger charge is -2.38. The van der Waals surface area contributed by atoms with Crippen molar-refractivity contribution in [1.82, 2.24) is 0 Å². The van der Waals surface area contributed by atoms with Crippen LogP contribution in [0.3, 0.4) is 0 Å². The van der Waals surface area contributed by atoms with Gasteiger partial charge in [0.25, 0.3) is 0 Å². The van der Waals surface area contributed by atoms with Gasteiger partial charge in [-0.2, -0.15) is 8.78 Å². The van der Waals surface area contributed by atoms with E-state index in [9.17, 15) is 13.2 Å². The zero-order valence-electron chi connectivity index (χ0n) is 16.8. The fraction of sp³-hybridized carbons (Fsp3) is 0.739. The molecule has 0 N–H and O–H groups in total. The van der Waals surface area contributed by atoms with Crippen molar-refractivity contribution >= 4 is 0 Å². The normalized spacial score (nSPS) is 28.9. The first-order valence-corrected chi connectivity index (χ1v) is 10.9. The summed E-state index contributed by atoms with van der Waals surface area (Å²) in [6, 6.07) is 4.60. The highest BCUT2D eigenvalue weighted by Crippen LogP contribution is 2.41. The van der Waals surface area contributed by atoms with Crippen molar-refractivity contribution in [1.29, 1.82) is 0 Å². The van der Waals surface area contributed by atoms with E-state index in [4.69, 9.17) is 4.74 Å². The second kappa shape index (κ2) is 10.00. The number of ether oxygens (including phenoxy) is 2. The molecule has 0 spiro atoms. The van der Waals surface area contributed by atoms with E-state index >= 15 is 0 Å². The Morgan fingerprint density at radius 3 is 2.04 bits per heavy atom. The Kier molecular flexibility index (Phi) is 7.67. The Balaban J connectivity index is 1.36. The van der Waals surface area contributed by atoms with Crippen LogP contribution >= 0.6 is 0 Å². The monoisotopic (exact) mass is 398 g/mol. The summed E-state index contributed by atoms with van der Waals surface area (Å²) >= 11 is 0. The Hall–Kier alpha value is -1.23. The Bertz CT molecular complexity index is 574. The molecule has 1 aromatic rings. The first kappa shape index (κ1) is 21.5. The van der Waals surface area contributed by atoms with Crippen molar-refractivity contribution in [3.8, 4) is 5.75 Å². The van der Waals surface area contributed by atoms with E-state index in [2.05, 4.69) is 11.7 Å². The molecular weight excluding hydrogens is 365 g/mol. The first-order chi connectivity index (χ1) is 13.4. The molecule has 0 aliphatic heterocycles. The number of hydrogen-bond donors (Lipinski definition) is 0. The van der Waals surface area contributed by atoms with Crippen LogP contribution in [0.5, 0.6) is 5.75 Å². The molecule has 158 valence electrons. The zero-order chi connectivity index (χ0) is 20.0. The Morgan fingerprint density at radius 2 is 1.46 bits per heavy atom. The first-order valence-electron chi connectivity index (χ1n) is 10.9. The molecule has 0 radical (unpaired) electrons. The minimum Gasteiger partial charge on any atom is -0.431 e. The molecule has 0 bridgehead atoms. The van der Waals surface area contributed by atoms with Crippen molar-refractivity contribution in [3.63, 3.8) is 0 Å². The molecule has 5 heteroatoms. The summed E-state index contributed by atoms with van der Waals surface area (Å²) in [4.78, 5) is 0. The van der Waals surface area contributed by atoms with Gasteiger partial charge in [0.1, 0.15) is 11.6 Å². The Labute approximate surface area is 166 Å². The van der Waals surface area contributed by atoms with Crippen LogP contribution in [0.1, 0.15) is 71.1 Å². The molecule has 0 saturated heterocycles. The van der Waals surface area contributed by atoms with Gasteiger partial charge in [-0.25, -0.2) is 4.39 Å². The third kappa shape index (κ3) is 6.40. The van der Waals surface area contributed by atoms with Crippen molar-refractivity contribution < 1.29 is 22.6 Å². The van der Waals surface area contributed by atoms with Gasteiger partial charge < -0.3 is 9.47 Å². The zero-order valence-corrected chi connectivity index (χ0v) is 16.8. The summed E-state index contributed by atoms with van der Waals surface area (Å²) in [5.74, 6) is 1.93. The maximum absolute atomic E-state index is 14.0. The van der Waals surface area contributed by atoms with E-state index in [1.165, 1.54) is 50.7 Å². The highest BCUT2D eigenvalue weighted by Gasteiger charge is 2.35. The van der Waals surface area contributed by atoms with Gasteiger partial charge in [0.05, 0.1) is 6.10 Å². The van der Waals surface area contributed by atoms with Gasteiger partial charge in [0.2, 0.25) is 0 Å². The standard InChI is InChI=1S/C23H33F3O2/c1-2-3-17-4-6-18(7-5-17)19-8-12-21(13-9-19)27-16-23(25,26)28-22-14-10-20(24)11-15-22/h10-11,14-15,17-19,21H,2-9,12-13,16H2,1H3. The molecule has 2 nitrogen and oxygen atoms in total. The molecule has 0 amide bonds. The number of hydrogen-bond acceptors (Lipinski definition) is 2. The number of alkyl halides is 2. The largest absolute Gasteiger partial charge is 0.431 e. The summed E-state index contributed by atoms with van der Waals surface area (Å²) in [5.41, 5.74) is 0. The van der Waals surface area contributed by atoms with E-state index in [-0.39, 0.29) is 11.9 Å². The summed E-state index contributed by atoms with van der Waals surface area (Å²) in [6.07, 6.45) is 8.39. The van der Waals surface area contributed by atoms with Crippen LogP contribution < -0.4 is 4.74 Å². The summed E-state index contributed by atoms with van der Waals surface area (Å²) in [7, 11) is 0. The predicted molar refractivity (Wildman–Crippen MR) is 104 cm³/mol. The quantitative estimate of drug-likeness (QED) is 0.470. The van der Waals surface area contributed by atoms with Gasteiger partial charge in [-0.05, 0) is 80.5 Å². The van der Waals surface area contributed by atoms with Crippen molar-refractivity contribution in [3.05, 3.63) is 30.1 Å². The van der Waals surface area contributed by atoms with Gasteiger partial charge >= 0.3 is 6.11 Å². The minimum atomic E-state index is -3.41. The van der Waals surface area contributed by atoms with Gasteiger partial charge in [-0.3, -0.25) is 0 Å². The van der Waals surface area contributed by atoms with Gasteiger partial charge in [-0.15, -0.1) is 0 Å². The van der Waals surface area contributed by atoms with Gasteiger partial charge in [0.15, 0.2) is 6.61 Å². The summed E-state index contributed by atoms with van der Waals surface area (Å²) in [6.45, 7) is 1.50. The van der Waals surface area contributed by atoms with E-state index < -0.39 is 18.5 Å². The van der Waals surface area contributed by atoms with E-state index in [0.717, 1.165) is 55.6 Å². The second-order valence-corrected chi connectivity index (χ2v) is 8.61. The molecule has 3 rings (SSSR count). The lowest BCUT2D eigenvalue weighted by atomic mass is 9.70. The molecule has 28 heavy (non-hydrogen) atoms.